The number of rotatable bonds is 2. The number of hydrogen-bond donors (Lipinski definition) is 3. The zero-order chi connectivity index (χ0) is 33.8. The van der Waals surface area contributed by atoms with Crippen molar-refractivity contribution < 1.29 is 94.3 Å². The summed E-state index contributed by atoms with van der Waals surface area (Å²) in [6.45, 7) is 0. The van der Waals surface area contributed by atoms with Gasteiger partial charge < -0.3 is 15.3 Å². The molecule has 0 amide bonds. The Balaban J connectivity index is 0.000000620. The van der Waals surface area contributed by atoms with Gasteiger partial charge in [0.1, 0.15) is 0 Å². The van der Waals surface area contributed by atoms with Gasteiger partial charge in [-0.1, -0.05) is 60.7 Å². The third kappa shape index (κ3) is 9.03. The van der Waals surface area contributed by atoms with E-state index in [1.807, 2.05) is 0 Å². The van der Waals surface area contributed by atoms with Crippen LogP contribution in [0.5, 0.6) is 0 Å². The van der Waals surface area contributed by atoms with Gasteiger partial charge in [0.2, 0.25) is 6.10 Å². The second kappa shape index (κ2) is 12.7. The van der Waals surface area contributed by atoms with Crippen LogP contribution in [0.25, 0.3) is 0 Å². The maximum Gasteiger partial charge on any atom is 0.430 e. The van der Waals surface area contributed by atoms with E-state index in [1.165, 1.54) is 12.1 Å². The van der Waals surface area contributed by atoms with Crippen LogP contribution < -0.4 is 0 Å². The molecule has 0 aromatic heterocycles. The van der Waals surface area contributed by atoms with E-state index in [1.54, 1.807) is 0 Å². The number of aliphatic hydroxyl groups is 3. The third-order valence-electron chi connectivity index (χ3n) is 4.64. The highest BCUT2D eigenvalue weighted by Gasteiger charge is 2.72. The van der Waals surface area contributed by atoms with Gasteiger partial charge in [0.15, 0.2) is 0 Å². The Labute approximate surface area is 221 Å². The van der Waals surface area contributed by atoms with E-state index in [2.05, 4.69) is 0 Å². The van der Waals surface area contributed by atoms with Gasteiger partial charge in [0, 0.05) is 11.1 Å². The molecule has 42 heavy (non-hydrogen) atoms. The van der Waals surface area contributed by atoms with Gasteiger partial charge in [-0.2, -0.15) is 79.0 Å². The number of halogens is 18. The summed E-state index contributed by atoms with van der Waals surface area (Å²) in [5.74, 6) is 0. The van der Waals surface area contributed by atoms with Crippen molar-refractivity contribution in [2.45, 2.75) is 54.4 Å². The number of aliphatic hydroxyl groups excluding tert-OH is 1. The lowest BCUT2D eigenvalue weighted by molar-refractivity contribution is -0.376. The van der Waals surface area contributed by atoms with Gasteiger partial charge in [-0.25, -0.2) is 0 Å². The summed E-state index contributed by atoms with van der Waals surface area (Å²) in [5, 5.41) is 25.3. The molecule has 3 nitrogen and oxygen atoms in total. The Hall–Kier alpha value is -2.94. The van der Waals surface area contributed by atoms with Crippen LogP contribution in [-0.4, -0.2) is 58.5 Å². The molecule has 3 N–H and O–H groups in total. The number of alkyl halides is 18. The molecule has 0 radical (unpaired) electrons. The van der Waals surface area contributed by atoms with E-state index in [4.69, 9.17) is 15.3 Å². The van der Waals surface area contributed by atoms with E-state index in [9.17, 15) is 79.0 Å². The normalized spacial score (nSPS) is 14.0. The molecule has 0 aliphatic carbocycles. The topological polar surface area (TPSA) is 60.7 Å². The highest BCUT2D eigenvalue weighted by atomic mass is 19.4. The first-order valence-electron chi connectivity index (χ1n) is 10.0. The molecule has 0 spiro atoms. The molecule has 0 unspecified atom stereocenters. The molecule has 0 saturated heterocycles. The largest absolute Gasteiger partial charge is 0.430 e. The minimum absolute atomic E-state index is 0.570. The first kappa shape index (κ1) is 39.1. The SMILES string of the molecule is OC(C(F)(F)F)C(F)(F)F.OC(c1ccccc1)(C(F)(F)F)C(F)(F)F.OC(c1ccccc1)(C(F)(F)F)C(F)(F)F. The molecule has 0 heterocycles. The van der Waals surface area contributed by atoms with E-state index < -0.39 is 65.5 Å². The lowest BCUT2D eigenvalue weighted by atomic mass is 9.92. The molecule has 0 aliphatic rings. The molecule has 2 rings (SSSR count). The summed E-state index contributed by atoms with van der Waals surface area (Å²) in [7, 11) is 0. The van der Waals surface area contributed by atoms with Crippen molar-refractivity contribution >= 4 is 0 Å². The van der Waals surface area contributed by atoms with Crippen molar-refractivity contribution in [1.29, 1.82) is 0 Å². The van der Waals surface area contributed by atoms with E-state index in [0.29, 0.717) is 24.3 Å². The van der Waals surface area contributed by atoms with Crippen molar-refractivity contribution in [3.8, 4) is 0 Å². The summed E-state index contributed by atoms with van der Waals surface area (Å²) in [5.41, 5.74) is -12.2. The van der Waals surface area contributed by atoms with Crippen LogP contribution >= 0.6 is 0 Å². The Bertz CT molecular complexity index is 965. The molecule has 0 saturated carbocycles. The number of benzene rings is 2. The highest BCUT2D eigenvalue weighted by Crippen LogP contribution is 2.51. The fourth-order valence-corrected chi connectivity index (χ4v) is 2.52. The van der Waals surface area contributed by atoms with Gasteiger partial charge in [-0.05, 0) is 0 Å². The molecule has 0 aliphatic heterocycles. The average Bonchev–Trinajstić information content (AvgIpc) is 2.80. The molecule has 21 heteroatoms. The second-order valence-electron chi connectivity index (χ2n) is 7.63. The standard InChI is InChI=1S/2C9H6F6O.C3H2F6O/c2*10-8(11,12)7(16,9(13,14)15)6-4-2-1-3-5-6;4-2(5,6)1(10)3(7,8)9/h2*1-5,16H;1,10H. The van der Waals surface area contributed by atoms with Gasteiger partial charge >= 0.3 is 37.1 Å². The van der Waals surface area contributed by atoms with E-state index >= 15 is 0 Å². The van der Waals surface area contributed by atoms with Crippen LogP contribution in [0.3, 0.4) is 0 Å². The first-order chi connectivity index (χ1) is 18.4. The second-order valence-corrected chi connectivity index (χ2v) is 7.63. The molecule has 0 bridgehead atoms. The van der Waals surface area contributed by atoms with Crippen molar-refractivity contribution in [3.05, 3.63) is 71.8 Å². The van der Waals surface area contributed by atoms with Crippen LogP contribution in [-0.2, 0) is 11.2 Å². The molecular formula is C21H14F18O3. The van der Waals surface area contributed by atoms with Crippen molar-refractivity contribution in [1.82, 2.24) is 0 Å². The predicted octanol–water partition coefficient (Wildman–Crippen LogP) is 7.47. The zero-order valence-corrected chi connectivity index (χ0v) is 19.5. The molecule has 2 aromatic rings. The van der Waals surface area contributed by atoms with Crippen molar-refractivity contribution in [3.63, 3.8) is 0 Å². The summed E-state index contributed by atoms with van der Waals surface area (Å²) >= 11 is 0. The first-order valence-corrected chi connectivity index (χ1v) is 10.0. The lowest BCUT2D eigenvalue weighted by Gasteiger charge is -2.32. The van der Waals surface area contributed by atoms with Gasteiger partial charge in [0.05, 0.1) is 0 Å². The monoisotopic (exact) mass is 656 g/mol. The molecule has 0 fully saturated rings. The fourth-order valence-electron chi connectivity index (χ4n) is 2.52. The van der Waals surface area contributed by atoms with Gasteiger partial charge in [-0.15, -0.1) is 0 Å². The quantitative estimate of drug-likeness (QED) is 0.294. The fraction of sp³-hybridized carbons (Fsp3) is 0.429. The number of hydrogen-bond acceptors (Lipinski definition) is 3. The molecule has 0 atom stereocenters. The average molecular weight is 656 g/mol. The van der Waals surface area contributed by atoms with E-state index in [-0.39, 0.29) is 0 Å². The maximum absolute atomic E-state index is 12.3. The summed E-state index contributed by atoms with van der Waals surface area (Å²) in [6, 6.07) is 8.71. The minimum atomic E-state index is -5.83. The van der Waals surface area contributed by atoms with Crippen molar-refractivity contribution in [2.24, 2.45) is 0 Å². The van der Waals surface area contributed by atoms with Crippen molar-refractivity contribution in [2.75, 3.05) is 0 Å². The summed E-state index contributed by atoms with van der Waals surface area (Å²) in [6.07, 6.45) is -38.8. The predicted molar refractivity (Wildman–Crippen MR) is 103 cm³/mol. The molecule has 2 aromatic carbocycles. The van der Waals surface area contributed by atoms with Crippen LogP contribution in [0.1, 0.15) is 11.1 Å². The highest BCUT2D eigenvalue weighted by molar-refractivity contribution is 5.27. The van der Waals surface area contributed by atoms with E-state index in [0.717, 1.165) is 24.3 Å². The van der Waals surface area contributed by atoms with Gasteiger partial charge in [-0.3, -0.25) is 0 Å². The summed E-state index contributed by atoms with van der Waals surface area (Å²) < 4.78 is 214. The molecule has 242 valence electrons. The lowest BCUT2D eigenvalue weighted by Crippen LogP contribution is -2.53. The molecular weight excluding hydrogens is 642 g/mol. The van der Waals surface area contributed by atoms with Crippen LogP contribution in [0.2, 0.25) is 0 Å². The maximum atomic E-state index is 12.3. The Morgan fingerprint density at radius 2 is 0.571 bits per heavy atom. The Morgan fingerprint density at radius 3 is 0.690 bits per heavy atom. The zero-order valence-electron chi connectivity index (χ0n) is 19.5. The third-order valence-corrected chi connectivity index (χ3v) is 4.64. The van der Waals surface area contributed by atoms with Crippen LogP contribution in [0.15, 0.2) is 60.7 Å². The van der Waals surface area contributed by atoms with Crippen LogP contribution in [0.4, 0.5) is 79.0 Å². The van der Waals surface area contributed by atoms with Crippen LogP contribution in [0, 0.1) is 0 Å². The smallest absolute Gasteiger partial charge is 0.377 e. The summed E-state index contributed by atoms with van der Waals surface area (Å²) in [4.78, 5) is 0. The Kier molecular flexibility index (Phi) is 11.8. The van der Waals surface area contributed by atoms with Gasteiger partial charge in [0.25, 0.3) is 11.2 Å². The minimum Gasteiger partial charge on any atom is -0.377 e. The Morgan fingerprint density at radius 1 is 0.381 bits per heavy atom.